The third kappa shape index (κ3) is 4.68. The molecule has 2 N–H and O–H groups in total. The summed E-state index contributed by atoms with van der Waals surface area (Å²) >= 11 is 0. The quantitative estimate of drug-likeness (QED) is 0.772. The van der Waals surface area contributed by atoms with E-state index in [9.17, 15) is 9.59 Å². The largest absolute Gasteiger partial charge is 0.481 e. The van der Waals surface area contributed by atoms with Crippen molar-refractivity contribution in [3.8, 4) is 0 Å². The molecule has 3 rings (SSSR count). The molecule has 27 heavy (non-hydrogen) atoms. The zero-order valence-electron chi connectivity index (χ0n) is 16.1. The molecular formula is C19H30N4O4. The molecule has 1 aliphatic carbocycles. The number of nitrogens with one attached hydrogen (secondary N) is 1. The zero-order chi connectivity index (χ0) is 19.4. The number of rotatable bonds is 6. The highest BCUT2D eigenvalue weighted by atomic mass is 16.5. The van der Waals surface area contributed by atoms with E-state index in [1.807, 2.05) is 19.4 Å². The summed E-state index contributed by atoms with van der Waals surface area (Å²) in [6.07, 6.45) is 6.18. The van der Waals surface area contributed by atoms with Gasteiger partial charge in [-0.15, -0.1) is 0 Å². The summed E-state index contributed by atoms with van der Waals surface area (Å²) < 4.78 is 7.79. The molecule has 2 fully saturated rings. The van der Waals surface area contributed by atoms with Crippen LogP contribution in [0.5, 0.6) is 0 Å². The SMILES string of the molecule is CCN1CCO[C@@H](CNC(=O)C2CCC(C(=O)O)CC2)[C@@H]1c1cnn(C)c1. The Morgan fingerprint density at radius 3 is 2.59 bits per heavy atom. The number of nitrogens with zero attached hydrogens (tertiary/aromatic N) is 3. The van der Waals surface area contributed by atoms with Gasteiger partial charge in [0.25, 0.3) is 0 Å². The van der Waals surface area contributed by atoms with E-state index in [-0.39, 0.29) is 29.9 Å². The predicted molar refractivity (Wildman–Crippen MR) is 99.0 cm³/mol. The number of morpholine rings is 1. The lowest BCUT2D eigenvalue weighted by molar-refractivity contribution is -0.144. The Hall–Kier alpha value is -1.93. The minimum atomic E-state index is -0.747. The molecule has 2 atom stereocenters. The van der Waals surface area contributed by atoms with Crippen molar-refractivity contribution in [2.24, 2.45) is 18.9 Å². The molecule has 1 saturated heterocycles. The first-order chi connectivity index (χ1) is 13.0. The fraction of sp³-hybridized carbons (Fsp3) is 0.737. The highest BCUT2D eigenvalue weighted by Crippen LogP contribution is 2.30. The molecule has 1 amide bonds. The number of amides is 1. The van der Waals surface area contributed by atoms with Gasteiger partial charge in [0.1, 0.15) is 0 Å². The fourth-order valence-electron chi connectivity index (χ4n) is 4.28. The van der Waals surface area contributed by atoms with Gasteiger partial charge in [0.15, 0.2) is 0 Å². The number of aliphatic carboxylic acids is 1. The van der Waals surface area contributed by atoms with Crippen LogP contribution in [0.1, 0.15) is 44.2 Å². The molecule has 1 aliphatic heterocycles. The zero-order valence-corrected chi connectivity index (χ0v) is 16.1. The number of carboxylic acids is 1. The topological polar surface area (TPSA) is 96.7 Å². The second kappa shape index (κ2) is 8.84. The third-order valence-corrected chi connectivity index (χ3v) is 5.85. The predicted octanol–water partition coefficient (Wildman–Crippen LogP) is 1.19. The van der Waals surface area contributed by atoms with E-state index in [1.165, 1.54) is 0 Å². The number of hydrogen-bond acceptors (Lipinski definition) is 5. The second-order valence-electron chi connectivity index (χ2n) is 7.56. The average Bonchev–Trinajstić information content (AvgIpc) is 3.11. The molecule has 0 bridgehead atoms. The van der Waals surface area contributed by atoms with Gasteiger partial charge in [-0.2, -0.15) is 5.10 Å². The normalized spacial score (nSPS) is 29.4. The molecule has 2 heterocycles. The Bertz CT molecular complexity index is 654. The van der Waals surface area contributed by atoms with Gasteiger partial charge in [-0.1, -0.05) is 6.92 Å². The maximum absolute atomic E-state index is 12.6. The third-order valence-electron chi connectivity index (χ3n) is 5.85. The number of aryl methyl sites for hydroxylation is 1. The summed E-state index contributed by atoms with van der Waals surface area (Å²) in [6, 6.07) is 0.0699. The number of carbonyl (C=O) groups is 2. The summed E-state index contributed by atoms with van der Waals surface area (Å²) in [4.78, 5) is 26.0. The van der Waals surface area contributed by atoms with Crippen molar-refractivity contribution in [2.75, 3.05) is 26.2 Å². The number of likely N-dealkylation sites (N-methyl/N-ethyl adjacent to an activating group) is 1. The van der Waals surface area contributed by atoms with Crippen LogP contribution in [0, 0.1) is 11.8 Å². The van der Waals surface area contributed by atoms with Crippen molar-refractivity contribution in [2.45, 2.75) is 44.8 Å². The summed E-state index contributed by atoms with van der Waals surface area (Å²) in [5.74, 6) is -1.13. The summed E-state index contributed by atoms with van der Waals surface area (Å²) in [6.45, 7) is 5.00. The van der Waals surface area contributed by atoms with Crippen molar-refractivity contribution in [1.29, 1.82) is 0 Å². The van der Waals surface area contributed by atoms with E-state index in [1.54, 1.807) is 4.68 Å². The first-order valence-electron chi connectivity index (χ1n) is 9.84. The first-order valence-corrected chi connectivity index (χ1v) is 9.84. The van der Waals surface area contributed by atoms with Crippen molar-refractivity contribution in [3.63, 3.8) is 0 Å². The number of ether oxygens (including phenoxy) is 1. The Labute approximate surface area is 159 Å². The standard InChI is InChI=1S/C19H30N4O4/c1-3-23-8-9-27-16(17(23)15-10-21-22(2)12-15)11-20-18(24)13-4-6-14(7-5-13)19(25)26/h10,12-14,16-17H,3-9,11H2,1-2H3,(H,20,24)(H,25,26)/t13?,14?,16-,17-/m0/s1. The van der Waals surface area contributed by atoms with E-state index in [0.29, 0.717) is 38.8 Å². The summed E-state index contributed by atoms with van der Waals surface area (Å²) in [5, 5.41) is 16.4. The highest BCUT2D eigenvalue weighted by molar-refractivity contribution is 5.79. The summed E-state index contributed by atoms with van der Waals surface area (Å²) in [7, 11) is 1.90. The van der Waals surface area contributed by atoms with Gasteiger partial charge in [-0.3, -0.25) is 19.2 Å². The Morgan fingerprint density at radius 2 is 2.00 bits per heavy atom. The average molecular weight is 378 g/mol. The summed E-state index contributed by atoms with van der Waals surface area (Å²) in [5.41, 5.74) is 1.10. The molecule has 1 aromatic heterocycles. The number of carboxylic acid groups (broad SMARTS) is 1. The van der Waals surface area contributed by atoms with Crippen LogP contribution in [-0.2, 0) is 21.4 Å². The fourth-order valence-corrected chi connectivity index (χ4v) is 4.28. The van der Waals surface area contributed by atoms with E-state index < -0.39 is 5.97 Å². The van der Waals surface area contributed by atoms with Gasteiger partial charge in [-0.05, 0) is 32.2 Å². The van der Waals surface area contributed by atoms with Crippen LogP contribution >= 0.6 is 0 Å². The number of carbonyl (C=O) groups excluding carboxylic acids is 1. The van der Waals surface area contributed by atoms with Gasteiger partial charge < -0.3 is 15.2 Å². The van der Waals surface area contributed by atoms with Gasteiger partial charge in [0.05, 0.1) is 30.9 Å². The van der Waals surface area contributed by atoms with E-state index >= 15 is 0 Å². The molecule has 150 valence electrons. The molecule has 0 aromatic carbocycles. The Balaban J connectivity index is 1.58. The number of aromatic nitrogens is 2. The monoisotopic (exact) mass is 378 g/mol. The molecule has 0 unspecified atom stereocenters. The Morgan fingerprint density at radius 1 is 1.30 bits per heavy atom. The van der Waals surface area contributed by atoms with Crippen molar-refractivity contribution < 1.29 is 19.4 Å². The van der Waals surface area contributed by atoms with Crippen molar-refractivity contribution in [1.82, 2.24) is 20.0 Å². The molecule has 2 aliphatic rings. The van der Waals surface area contributed by atoms with Gasteiger partial charge in [-0.25, -0.2) is 0 Å². The molecule has 1 aromatic rings. The second-order valence-corrected chi connectivity index (χ2v) is 7.56. The van der Waals surface area contributed by atoms with Crippen LogP contribution in [0.2, 0.25) is 0 Å². The van der Waals surface area contributed by atoms with Crippen molar-refractivity contribution >= 4 is 11.9 Å². The molecular weight excluding hydrogens is 348 g/mol. The lowest BCUT2D eigenvalue weighted by Gasteiger charge is -2.40. The lowest BCUT2D eigenvalue weighted by Crippen LogP contribution is -2.50. The lowest BCUT2D eigenvalue weighted by atomic mass is 9.81. The van der Waals surface area contributed by atoms with Gasteiger partial charge in [0.2, 0.25) is 5.91 Å². The highest BCUT2D eigenvalue weighted by Gasteiger charge is 2.35. The molecule has 1 saturated carbocycles. The Kier molecular flexibility index (Phi) is 6.49. The van der Waals surface area contributed by atoms with Crippen molar-refractivity contribution in [3.05, 3.63) is 18.0 Å². The van der Waals surface area contributed by atoms with E-state index in [0.717, 1.165) is 18.7 Å². The maximum Gasteiger partial charge on any atom is 0.306 e. The van der Waals surface area contributed by atoms with Crippen LogP contribution in [0.25, 0.3) is 0 Å². The minimum absolute atomic E-state index is 0.0148. The van der Waals surface area contributed by atoms with Crippen LogP contribution in [0.3, 0.4) is 0 Å². The first kappa shape index (κ1) is 19.8. The molecule has 0 radical (unpaired) electrons. The van der Waals surface area contributed by atoms with Crippen LogP contribution in [0.4, 0.5) is 0 Å². The molecule has 8 nitrogen and oxygen atoms in total. The minimum Gasteiger partial charge on any atom is -0.481 e. The van der Waals surface area contributed by atoms with Crippen LogP contribution in [0.15, 0.2) is 12.4 Å². The van der Waals surface area contributed by atoms with E-state index in [4.69, 9.17) is 9.84 Å². The molecule has 0 spiro atoms. The van der Waals surface area contributed by atoms with Crippen LogP contribution in [-0.4, -0.2) is 64.0 Å². The van der Waals surface area contributed by atoms with E-state index in [2.05, 4.69) is 22.2 Å². The molecule has 8 heteroatoms. The van der Waals surface area contributed by atoms with Gasteiger partial charge in [0, 0.05) is 37.8 Å². The van der Waals surface area contributed by atoms with Crippen LogP contribution < -0.4 is 5.32 Å². The van der Waals surface area contributed by atoms with Gasteiger partial charge >= 0.3 is 5.97 Å². The number of hydrogen-bond donors (Lipinski definition) is 2. The smallest absolute Gasteiger partial charge is 0.306 e. The maximum atomic E-state index is 12.6.